The molecule has 12 nitrogen and oxygen atoms in total. The molecule has 30 heavy (non-hydrogen) atoms. The second-order valence-corrected chi connectivity index (χ2v) is 6.15. The number of nitrogens with two attached hydrogens (primary N) is 1. The molecule has 0 saturated heterocycles. The van der Waals surface area contributed by atoms with Crippen LogP contribution in [0.5, 0.6) is 23.0 Å². The minimum absolute atomic E-state index is 0.0162. The van der Waals surface area contributed by atoms with Gasteiger partial charge >= 0.3 is 12.0 Å². The van der Waals surface area contributed by atoms with Gasteiger partial charge in [-0.3, -0.25) is 0 Å². The van der Waals surface area contributed by atoms with E-state index in [1.54, 1.807) is 6.92 Å². The zero-order valence-electron chi connectivity index (χ0n) is 16.7. The van der Waals surface area contributed by atoms with Gasteiger partial charge in [0.1, 0.15) is 6.10 Å². The third-order valence-electron chi connectivity index (χ3n) is 4.32. The van der Waals surface area contributed by atoms with Crippen LogP contribution in [0.3, 0.4) is 0 Å². The number of amides is 2. The smallest absolute Gasteiger partial charge is 0.356 e. The first-order valence-electron chi connectivity index (χ1n) is 9.04. The standard InChI is InChI=1S/C18H22N4O8/c1-4-27-17(23)12-6-9(30-22-12)5-10-11(7-20-21-18(19)24)14(26-3)16-15(13(10)25-2)28-8-29-16/h7,9H,4-6,8H2,1-3H3,(H3,19,21,24)/b20-7+/t9-/m0/s1. The van der Waals surface area contributed by atoms with Crippen molar-refractivity contribution in [2.75, 3.05) is 27.6 Å². The van der Waals surface area contributed by atoms with E-state index in [1.807, 2.05) is 0 Å². The van der Waals surface area contributed by atoms with Crippen molar-refractivity contribution in [1.29, 1.82) is 0 Å². The third kappa shape index (κ3) is 4.16. The number of esters is 1. The number of hydrogen-bond acceptors (Lipinski definition) is 10. The van der Waals surface area contributed by atoms with Gasteiger partial charge in [-0.25, -0.2) is 15.0 Å². The van der Waals surface area contributed by atoms with E-state index in [2.05, 4.69) is 15.7 Å². The zero-order valence-corrected chi connectivity index (χ0v) is 16.7. The summed E-state index contributed by atoms with van der Waals surface area (Å²) >= 11 is 0. The molecule has 0 bridgehead atoms. The predicted octanol–water partition coefficient (Wildman–Crippen LogP) is 0.685. The van der Waals surface area contributed by atoms with Gasteiger partial charge in [-0.2, -0.15) is 5.10 Å². The normalized spacial score (nSPS) is 16.8. The molecule has 3 N–H and O–H groups in total. The Labute approximate surface area is 171 Å². The van der Waals surface area contributed by atoms with Crippen molar-refractivity contribution in [2.24, 2.45) is 16.0 Å². The lowest BCUT2D eigenvalue weighted by Crippen LogP contribution is -2.24. The number of urea groups is 1. The van der Waals surface area contributed by atoms with E-state index in [-0.39, 0.29) is 32.0 Å². The van der Waals surface area contributed by atoms with Gasteiger partial charge in [-0.15, -0.1) is 0 Å². The van der Waals surface area contributed by atoms with Crippen LogP contribution in [0.2, 0.25) is 0 Å². The van der Waals surface area contributed by atoms with Crippen molar-refractivity contribution < 1.29 is 38.1 Å². The molecule has 1 atom stereocenters. The number of methoxy groups -OCH3 is 2. The third-order valence-corrected chi connectivity index (χ3v) is 4.32. The Balaban J connectivity index is 1.97. The molecule has 0 radical (unpaired) electrons. The fraction of sp³-hybridized carbons (Fsp3) is 0.444. The SMILES string of the molecule is CCOC(=O)C1=NO[C@@H](Cc2c(/C=N/NC(N)=O)c(OC)c3c(c2OC)OCO3)C1. The summed E-state index contributed by atoms with van der Waals surface area (Å²) < 4.78 is 27.1. The van der Waals surface area contributed by atoms with Crippen LogP contribution in [-0.4, -0.2) is 57.7 Å². The summed E-state index contributed by atoms with van der Waals surface area (Å²) in [5.74, 6) is 0.904. The van der Waals surface area contributed by atoms with Gasteiger partial charge in [-0.1, -0.05) is 5.16 Å². The summed E-state index contributed by atoms with van der Waals surface area (Å²) in [5, 5.41) is 7.65. The lowest BCUT2D eigenvalue weighted by molar-refractivity contribution is -0.135. The fourth-order valence-corrected chi connectivity index (χ4v) is 3.15. The van der Waals surface area contributed by atoms with Crippen molar-refractivity contribution >= 4 is 23.9 Å². The quantitative estimate of drug-likeness (QED) is 0.352. The van der Waals surface area contributed by atoms with Crippen LogP contribution < -0.4 is 30.1 Å². The maximum atomic E-state index is 11.9. The topological polar surface area (TPSA) is 152 Å². The van der Waals surface area contributed by atoms with E-state index < -0.39 is 18.1 Å². The van der Waals surface area contributed by atoms with Gasteiger partial charge in [0.05, 0.1) is 27.0 Å². The first kappa shape index (κ1) is 21.0. The van der Waals surface area contributed by atoms with E-state index in [0.29, 0.717) is 34.1 Å². The molecule has 2 aliphatic heterocycles. The first-order chi connectivity index (χ1) is 14.5. The molecular formula is C18H22N4O8. The summed E-state index contributed by atoms with van der Waals surface area (Å²) in [5.41, 5.74) is 8.45. The number of oxime groups is 1. The van der Waals surface area contributed by atoms with Crippen molar-refractivity contribution in [2.45, 2.75) is 25.9 Å². The number of rotatable bonds is 8. The monoisotopic (exact) mass is 422 g/mol. The van der Waals surface area contributed by atoms with Crippen LogP contribution in [0.1, 0.15) is 24.5 Å². The van der Waals surface area contributed by atoms with Gasteiger partial charge in [0.2, 0.25) is 18.3 Å². The molecule has 0 aromatic heterocycles. The number of nitrogens with one attached hydrogen (secondary N) is 1. The average molecular weight is 422 g/mol. The highest BCUT2D eigenvalue weighted by molar-refractivity contribution is 6.36. The van der Waals surface area contributed by atoms with Crippen LogP contribution in [0.15, 0.2) is 10.3 Å². The highest BCUT2D eigenvalue weighted by Gasteiger charge is 2.34. The van der Waals surface area contributed by atoms with Crippen LogP contribution in [0.4, 0.5) is 4.79 Å². The van der Waals surface area contributed by atoms with Crippen molar-refractivity contribution in [1.82, 2.24) is 5.43 Å². The van der Waals surface area contributed by atoms with Crippen LogP contribution >= 0.6 is 0 Å². The number of benzene rings is 1. The maximum Gasteiger partial charge on any atom is 0.356 e. The molecule has 2 amide bonds. The number of ether oxygens (including phenoxy) is 5. The number of primary amides is 1. The second kappa shape index (κ2) is 9.20. The lowest BCUT2D eigenvalue weighted by atomic mass is 9.96. The zero-order chi connectivity index (χ0) is 21.7. The Morgan fingerprint density at radius 1 is 1.27 bits per heavy atom. The molecule has 3 rings (SSSR count). The van der Waals surface area contributed by atoms with Gasteiger partial charge in [-0.05, 0) is 6.92 Å². The van der Waals surface area contributed by atoms with E-state index >= 15 is 0 Å². The van der Waals surface area contributed by atoms with Crippen molar-refractivity contribution in [3.05, 3.63) is 11.1 Å². The Morgan fingerprint density at radius 3 is 2.60 bits per heavy atom. The Hall–Kier alpha value is -3.70. The van der Waals surface area contributed by atoms with Crippen molar-refractivity contribution in [3.63, 3.8) is 0 Å². The maximum absolute atomic E-state index is 11.9. The molecule has 1 aromatic rings. The highest BCUT2D eigenvalue weighted by atomic mass is 16.7. The van der Waals surface area contributed by atoms with Crippen LogP contribution in [-0.2, 0) is 20.8 Å². The molecule has 162 valence electrons. The summed E-state index contributed by atoms with van der Waals surface area (Å²) in [6, 6.07) is -0.828. The average Bonchev–Trinajstić information content (AvgIpc) is 3.38. The summed E-state index contributed by atoms with van der Waals surface area (Å²) in [6.07, 6.45) is 1.39. The summed E-state index contributed by atoms with van der Waals surface area (Å²) in [4.78, 5) is 28.3. The molecule has 2 aliphatic rings. The molecule has 0 spiro atoms. The van der Waals surface area contributed by atoms with E-state index in [4.69, 9.17) is 34.3 Å². The minimum atomic E-state index is -0.828. The first-order valence-corrected chi connectivity index (χ1v) is 9.04. The number of hydrazone groups is 1. The molecular weight excluding hydrogens is 400 g/mol. The molecule has 0 unspecified atom stereocenters. The second-order valence-electron chi connectivity index (χ2n) is 6.15. The fourth-order valence-electron chi connectivity index (χ4n) is 3.15. The minimum Gasteiger partial charge on any atom is -0.492 e. The van der Waals surface area contributed by atoms with E-state index in [0.717, 1.165) is 0 Å². The Morgan fingerprint density at radius 2 is 1.97 bits per heavy atom. The number of fused-ring (bicyclic) bond motifs is 1. The molecule has 12 heteroatoms. The Bertz CT molecular complexity index is 899. The van der Waals surface area contributed by atoms with Crippen molar-refractivity contribution in [3.8, 4) is 23.0 Å². The molecule has 0 aliphatic carbocycles. The van der Waals surface area contributed by atoms with Gasteiger partial charge in [0, 0.05) is 24.0 Å². The number of carbonyl (C=O) groups is 2. The Kier molecular flexibility index (Phi) is 6.45. The number of hydrogen-bond donors (Lipinski definition) is 2. The molecule has 1 aromatic carbocycles. The highest BCUT2D eigenvalue weighted by Crippen LogP contribution is 2.52. The summed E-state index contributed by atoms with van der Waals surface area (Å²) in [6.45, 7) is 1.93. The van der Waals surface area contributed by atoms with E-state index in [9.17, 15) is 9.59 Å². The van der Waals surface area contributed by atoms with Crippen LogP contribution in [0.25, 0.3) is 0 Å². The molecule has 2 heterocycles. The predicted molar refractivity (Wildman–Crippen MR) is 103 cm³/mol. The number of nitrogens with zero attached hydrogens (tertiary/aromatic N) is 2. The lowest BCUT2D eigenvalue weighted by Gasteiger charge is -2.19. The largest absolute Gasteiger partial charge is 0.492 e. The van der Waals surface area contributed by atoms with Gasteiger partial charge < -0.3 is 34.3 Å². The van der Waals surface area contributed by atoms with E-state index in [1.165, 1.54) is 20.4 Å². The number of carbonyl (C=O) groups excluding carboxylic acids is 2. The van der Waals surface area contributed by atoms with Crippen LogP contribution in [0, 0.1) is 0 Å². The molecule has 0 fully saturated rings. The van der Waals surface area contributed by atoms with Gasteiger partial charge in [0.15, 0.2) is 17.2 Å². The summed E-state index contributed by atoms with van der Waals surface area (Å²) in [7, 11) is 2.94. The molecule has 0 saturated carbocycles. The van der Waals surface area contributed by atoms with Gasteiger partial charge in [0.25, 0.3) is 0 Å².